The quantitative estimate of drug-likeness (QED) is 0.0172. The van der Waals surface area contributed by atoms with Crippen LogP contribution in [0.4, 0.5) is 8.78 Å². The van der Waals surface area contributed by atoms with Crippen molar-refractivity contribution in [3.8, 4) is 39.5 Å². The number of esters is 1. The van der Waals surface area contributed by atoms with Crippen molar-refractivity contribution in [1.29, 1.82) is 0 Å². The molecule has 2 unspecified atom stereocenters. The molecule has 0 N–H and O–H groups in total. The van der Waals surface area contributed by atoms with E-state index in [1.807, 2.05) is 61.5 Å². The molecule has 16 rings (SSSR count). The number of hydrogen-bond donors (Lipinski definition) is 0. The summed E-state index contributed by atoms with van der Waals surface area (Å²) in [5.41, 5.74) is 11.4. The number of unbranched alkanes of at least 4 members (excludes halogenated alkanes) is 9. The number of hydrogen-bond acceptors (Lipinski definition) is 7. The summed E-state index contributed by atoms with van der Waals surface area (Å²) in [6.45, 7) is 15.1. The fourth-order valence-corrected chi connectivity index (χ4v) is 21.1. The van der Waals surface area contributed by atoms with Crippen molar-refractivity contribution in [1.82, 2.24) is 0 Å². The Hall–Kier alpha value is -7.85. The highest BCUT2D eigenvalue weighted by molar-refractivity contribution is 6.09. The number of ether oxygens (including phenoxy) is 4. The second-order valence-corrected chi connectivity index (χ2v) is 36.8. The lowest BCUT2D eigenvalue weighted by Crippen LogP contribution is -2.44. The summed E-state index contributed by atoms with van der Waals surface area (Å²) in [6.07, 6.45) is 47.4. The zero-order valence-corrected chi connectivity index (χ0v) is 72.7. The smallest absolute Gasteiger partial charge is 0.338 e. The normalized spacial score (nSPS) is 22.3. The Bertz CT molecular complexity index is 4370. The van der Waals surface area contributed by atoms with Gasteiger partial charge in [0.2, 0.25) is 0 Å². The molecule has 638 valence electrons. The van der Waals surface area contributed by atoms with Crippen LogP contribution in [0.3, 0.4) is 0 Å². The monoisotopic (exact) mass is 1610 g/mol. The largest absolute Gasteiger partial charge is 0.492 e. The predicted octanol–water partition coefficient (Wildman–Crippen LogP) is 32.4. The molecular formula is C109H146F2O7. The average Bonchev–Trinajstić information content (AvgIpc) is 1.25. The molecule has 6 fully saturated rings. The van der Waals surface area contributed by atoms with Crippen LogP contribution in [0.2, 0.25) is 0 Å². The maximum Gasteiger partial charge on any atom is 0.338 e. The van der Waals surface area contributed by atoms with E-state index < -0.39 is 17.7 Å². The number of benzene rings is 9. The highest BCUT2D eigenvalue weighted by Crippen LogP contribution is 2.60. The molecule has 0 saturated heterocycles. The standard InChI is InChI=1S/C44H60O4.C33H46F2O.C32H34O2.3H2/c1-3-5-8-12-34-16-22-37(23-17-34)39-26-20-36(21-27-39)32-47-48-43(41-14-10-7-11-15-41)33-46-44(45)42-30-28-40(29-31-42)38-24-18-35(19-25-38)13-9-6-4-2;1-4-6-8-9-11-25(3)36-31-29(34)23-27(24-30(31)35)26-12-14-28(15-13-26)33-20-17-32(18-21-33,19-22-33)16-10-7-5-2;1-2-7-22-12-14-23(15-13-22)26-20-33-29-18-16-24-8-3-5-10-27(24)31(29)32-28-11-6-4-9-25(28)17-19-30(32)34-21-26;;;/h7,10-11,14-15,20-21,26-31,34-35,37-38,43H,3-6,8-9,12-13,16-19,22-25,32-33H2,1-2H3;12-15,23-25H,4-11,16-22H2,1-3H3;3-6,8-11,16-19,22-23,26H,2,7,12-15,20-21H2,1H3;3*1H. The van der Waals surface area contributed by atoms with E-state index in [0.717, 1.165) is 89.5 Å². The van der Waals surface area contributed by atoms with Gasteiger partial charge in [0.15, 0.2) is 23.5 Å². The molecule has 7 nitrogen and oxygen atoms in total. The lowest BCUT2D eigenvalue weighted by molar-refractivity contribution is -0.340. The molecule has 1 aliphatic heterocycles. The second-order valence-electron chi connectivity index (χ2n) is 36.8. The van der Waals surface area contributed by atoms with Crippen molar-refractivity contribution in [2.45, 2.75) is 315 Å². The van der Waals surface area contributed by atoms with Gasteiger partial charge in [0.1, 0.15) is 24.7 Å². The Labute approximate surface area is 712 Å². The van der Waals surface area contributed by atoms with Gasteiger partial charge in [-0.1, -0.05) is 302 Å². The molecule has 1 heterocycles. The van der Waals surface area contributed by atoms with Crippen LogP contribution in [-0.4, -0.2) is 31.9 Å². The molecule has 118 heavy (non-hydrogen) atoms. The third kappa shape index (κ3) is 23.6. The van der Waals surface area contributed by atoms with E-state index in [0.29, 0.717) is 52.2 Å². The van der Waals surface area contributed by atoms with Gasteiger partial charge in [0.25, 0.3) is 0 Å². The van der Waals surface area contributed by atoms with Gasteiger partial charge in [-0.3, -0.25) is 0 Å². The van der Waals surface area contributed by atoms with Crippen LogP contribution < -0.4 is 14.2 Å². The molecule has 9 aromatic rings. The molecule has 2 bridgehead atoms. The van der Waals surface area contributed by atoms with E-state index in [1.54, 1.807) is 0 Å². The molecule has 7 aliphatic rings. The Balaban J connectivity index is 0.000000191. The minimum atomic E-state index is -0.618. The molecule has 9 aromatic carbocycles. The number of fused-ring (bicyclic) bond motifs is 10. The van der Waals surface area contributed by atoms with Crippen molar-refractivity contribution in [3.05, 3.63) is 233 Å². The van der Waals surface area contributed by atoms with E-state index in [9.17, 15) is 13.6 Å². The zero-order valence-electron chi connectivity index (χ0n) is 72.7. The van der Waals surface area contributed by atoms with Gasteiger partial charge in [0, 0.05) is 21.3 Å². The van der Waals surface area contributed by atoms with Gasteiger partial charge < -0.3 is 18.9 Å². The van der Waals surface area contributed by atoms with Crippen LogP contribution in [-0.2, 0) is 26.5 Å². The summed E-state index contributed by atoms with van der Waals surface area (Å²) in [4.78, 5) is 24.7. The molecule has 2 atom stereocenters. The number of carbonyl (C=O) groups is 1. The SMILES string of the molecule is CCCC1CCC(C2COc3ccc4ccccc4c3-c3c(ccc4ccccc34)OC2)CC1.CCCCCC1CCC(c2ccc(COOC(COC(=O)c3ccc(C4CCC(CCCCC)CC4)cc3)c3ccccc3)cc2)CC1.CCCCCCC(C)Oc1c(F)cc(-c2ccc(C34CCC(CCCCC)(CC3)CC4)cc2)cc1F.[HH].[HH].[HH]. The molecule has 0 spiro atoms. The third-order valence-corrected chi connectivity index (χ3v) is 28.7. The molecule has 6 saturated carbocycles. The third-order valence-electron chi connectivity index (χ3n) is 28.7. The summed E-state index contributed by atoms with van der Waals surface area (Å²) in [7, 11) is 0. The fraction of sp³-hybridized carbons (Fsp3) is 0.532. The van der Waals surface area contributed by atoms with E-state index in [2.05, 4.69) is 156 Å². The lowest BCUT2D eigenvalue weighted by atomic mass is 9.51. The van der Waals surface area contributed by atoms with Crippen LogP contribution >= 0.6 is 0 Å². The van der Waals surface area contributed by atoms with E-state index in [-0.39, 0.29) is 28.7 Å². The summed E-state index contributed by atoms with van der Waals surface area (Å²) < 4.78 is 54.5. The molecule has 9 heteroatoms. The summed E-state index contributed by atoms with van der Waals surface area (Å²) in [5, 5.41) is 4.90. The maximum atomic E-state index is 14.9. The fourth-order valence-electron chi connectivity index (χ4n) is 21.1. The molecule has 0 radical (unpaired) electrons. The Morgan fingerprint density at radius 2 is 0.975 bits per heavy atom. The maximum absolute atomic E-state index is 14.9. The van der Waals surface area contributed by atoms with Gasteiger partial charge >= 0.3 is 5.97 Å². The van der Waals surface area contributed by atoms with Gasteiger partial charge in [-0.05, 0) is 272 Å². The number of halogens is 2. The molecule has 0 amide bonds. The van der Waals surface area contributed by atoms with Gasteiger partial charge in [0.05, 0.1) is 24.9 Å². The van der Waals surface area contributed by atoms with Crippen molar-refractivity contribution in [2.75, 3.05) is 19.8 Å². The Kier molecular flexibility index (Phi) is 33.3. The first kappa shape index (κ1) is 88.0. The zero-order chi connectivity index (χ0) is 81.9. The van der Waals surface area contributed by atoms with Crippen LogP contribution in [0.15, 0.2) is 188 Å². The Morgan fingerprint density at radius 3 is 1.52 bits per heavy atom. The summed E-state index contributed by atoms with van der Waals surface area (Å²) >= 11 is 0. The van der Waals surface area contributed by atoms with E-state index in [1.165, 1.54) is 269 Å². The molecule has 6 aliphatic carbocycles. The highest BCUT2D eigenvalue weighted by Gasteiger charge is 2.49. The van der Waals surface area contributed by atoms with Crippen LogP contribution in [0, 0.1) is 46.6 Å². The minimum Gasteiger partial charge on any atom is -0.492 e. The average molecular weight is 1610 g/mol. The van der Waals surface area contributed by atoms with Crippen LogP contribution in [0.5, 0.6) is 17.2 Å². The number of rotatable bonds is 34. The first-order chi connectivity index (χ1) is 57.8. The highest BCUT2D eigenvalue weighted by atomic mass is 19.1. The minimum absolute atomic E-state index is 0. The Morgan fingerprint density at radius 1 is 0.475 bits per heavy atom. The summed E-state index contributed by atoms with van der Waals surface area (Å²) in [5.74, 6) is 5.24. The molecular weight excluding hydrogens is 1460 g/mol. The van der Waals surface area contributed by atoms with E-state index in [4.69, 9.17) is 28.7 Å². The van der Waals surface area contributed by atoms with Crippen molar-refractivity contribution in [2.24, 2.45) is 35.0 Å². The lowest BCUT2D eigenvalue weighted by Gasteiger charge is -2.54. The molecule has 0 aromatic heterocycles. The van der Waals surface area contributed by atoms with Gasteiger partial charge in [-0.25, -0.2) is 23.4 Å². The first-order valence-corrected chi connectivity index (χ1v) is 47.1. The van der Waals surface area contributed by atoms with Gasteiger partial charge in [-0.15, -0.1) is 0 Å². The van der Waals surface area contributed by atoms with Crippen LogP contribution in [0.1, 0.15) is 340 Å². The van der Waals surface area contributed by atoms with Crippen molar-refractivity contribution >= 4 is 27.5 Å². The second kappa shape index (κ2) is 44.6. The van der Waals surface area contributed by atoms with Gasteiger partial charge in [-0.2, -0.15) is 0 Å². The van der Waals surface area contributed by atoms with E-state index >= 15 is 0 Å². The number of carbonyl (C=O) groups excluding carboxylic acids is 1. The predicted molar refractivity (Wildman–Crippen MR) is 491 cm³/mol. The van der Waals surface area contributed by atoms with Crippen LogP contribution in [0.25, 0.3) is 43.8 Å². The topological polar surface area (TPSA) is 72.5 Å². The van der Waals surface area contributed by atoms with Crippen molar-refractivity contribution < 1.29 is 46.6 Å². The summed E-state index contributed by atoms with van der Waals surface area (Å²) in [6, 6.07) is 64.1. The first-order valence-electron chi connectivity index (χ1n) is 47.1. The van der Waals surface area contributed by atoms with Crippen molar-refractivity contribution in [3.63, 3.8) is 0 Å².